The molecule has 0 N–H and O–H groups in total. The molecule has 3 heteroatoms. The summed E-state index contributed by atoms with van der Waals surface area (Å²) < 4.78 is 4.63. The Balaban J connectivity index is 2.61. The number of carbonyl (C=O) groups excluding carboxylic acids is 1. The molecule has 1 aliphatic carbocycles. The third-order valence-corrected chi connectivity index (χ3v) is 2.06. The van der Waals surface area contributed by atoms with Crippen molar-refractivity contribution in [2.45, 2.75) is 0 Å². The quantitative estimate of drug-likeness (QED) is 0.593. The van der Waals surface area contributed by atoms with Gasteiger partial charge in [-0.05, 0) is 30.4 Å². The number of carbonyl (C=O) groups is 1. The van der Waals surface area contributed by atoms with E-state index in [0.717, 1.165) is 10.6 Å². The SMILES string of the molecule is COC(=O)C1=CC=c2ncccc2=C=C1. The molecule has 0 bridgehead atoms. The van der Waals surface area contributed by atoms with Gasteiger partial charge < -0.3 is 4.74 Å². The number of nitrogens with zero attached hydrogens (tertiary/aromatic N) is 1. The Kier molecular flexibility index (Phi) is 2.48. The molecule has 0 fully saturated rings. The number of hydrogen-bond acceptors (Lipinski definition) is 3. The summed E-state index contributed by atoms with van der Waals surface area (Å²) in [4.78, 5) is 15.4. The third kappa shape index (κ3) is 1.87. The number of pyridine rings is 1. The lowest BCUT2D eigenvalue weighted by Gasteiger charge is -1.95. The summed E-state index contributed by atoms with van der Waals surface area (Å²) in [6.07, 6.45) is 6.76. The van der Waals surface area contributed by atoms with Crippen molar-refractivity contribution < 1.29 is 9.53 Å². The molecule has 15 heavy (non-hydrogen) atoms. The standard InChI is InChI=1S/C12H9NO2/c1-15-12(14)10-5-4-9-3-2-8-13-11(9)7-6-10/h2-3,5-8H,1H3. The van der Waals surface area contributed by atoms with Gasteiger partial charge in [-0.25, -0.2) is 4.79 Å². The summed E-state index contributed by atoms with van der Waals surface area (Å²) in [6.45, 7) is 0. The maximum absolute atomic E-state index is 11.3. The minimum atomic E-state index is -0.369. The molecule has 0 aliphatic heterocycles. The minimum absolute atomic E-state index is 0.369. The summed E-state index contributed by atoms with van der Waals surface area (Å²) >= 11 is 0. The van der Waals surface area contributed by atoms with E-state index in [1.54, 1.807) is 24.4 Å². The Bertz CT molecular complexity index is 578. The minimum Gasteiger partial charge on any atom is -0.465 e. The highest BCUT2D eigenvalue weighted by Gasteiger charge is 2.04. The van der Waals surface area contributed by atoms with Gasteiger partial charge in [0.2, 0.25) is 0 Å². The maximum atomic E-state index is 11.3. The number of allylic oxidation sites excluding steroid dienone is 1. The molecule has 1 heterocycles. The molecule has 74 valence electrons. The Hall–Kier alpha value is -2.12. The van der Waals surface area contributed by atoms with E-state index in [0.29, 0.717) is 5.57 Å². The van der Waals surface area contributed by atoms with Gasteiger partial charge in [-0.1, -0.05) is 0 Å². The van der Waals surface area contributed by atoms with Crippen molar-refractivity contribution in [2.75, 3.05) is 7.11 Å². The predicted molar refractivity (Wildman–Crippen MR) is 56.0 cm³/mol. The summed E-state index contributed by atoms with van der Waals surface area (Å²) in [5.41, 5.74) is 3.47. The number of hydrogen-bond donors (Lipinski definition) is 0. The van der Waals surface area contributed by atoms with Gasteiger partial charge in [-0.3, -0.25) is 4.98 Å². The van der Waals surface area contributed by atoms with Crippen LogP contribution in [0.3, 0.4) is 0 Å². The summed E-state index contributed by atoms with van der Waals surface area (Å²) in [7, 11) is 1.35. The topological polar surface area (TPSA) is 39.2 Å². The monoisotopic (exact) mass is 199 g/mol. The average Bonchev–Trinajstić information content (AvgIpc) is 2.50. The Labute approximate surface area is 86.7 Å². The number of methoxy groups -OCH3 is 1. The van der Waals surface area contributed by atoms with E-state index < -0.39 is 0 Å². The van der Waals surface area contributed by atoms with Gasteiger partial charge in [0, 0.05) is 11.4 Å². The van der Waals surface area contributed by atoms with E-state index in [-0.39, 0.29) is 5.97 Å². The predicted octanol–water partition coefficient (Wildman–Crippen LogP) is -0.0893. The van der Waals surface area contributed by atoms with Crippen LogP contribution in [0, 0.1) is 0 Å². The molecule has 0 saturated carbocycles. The molecule has 0 atom stereocenters. The molecule has 0 amide bonds. The number of fused-ring (bicyclic) bond motifs is 1. The van der Waals surface area contributed by atoms with Gasteiger partial charge in [-0.2, -0.15) is 0 Å². The molecule has 1 aromatic rings. The first-order valence-corrected chi connectivity index (χ1v) is 4.49. The van der Waals surface area contributed by atoms with Crippen LogP contribution in [0.2, 0.25) is 0 Å². The summed E-state index contributed by atoms with van der Waals surface area (Å²) in [5, 5.41) is 1.67. The molecule has 0 unspecified atom stereocenters. The molecular weight excluding hydrogens is 190 g/mol. The fourth-order valence-corrected chi connectivity index (χ4v) is 1.29. The van der Waals surface area contributed by atoms with E-state index in [1.165, 1.54) is 7.11 Å². The van der Waals surface area contributed by atoms with Crippen LogP contribution in [0.15, 0.2) is 36.1 Å². The van der Waals surface area contributed by atoms with E-state index in [4.69, 9.17) is 0 Å². The zero-order valence-corrected chi connectivity index (χ0v) is 8.23. The van der Waals surface area contributed by atoms with Crippen LogP contribution in [0.25, 0.3) is 11.8 Å². The Morgan fingerprint density at radius 3 is 3.13 bits per heavy atom. The smallest absolute Gasteiger partial charge is 0.338 e. The first-order valence-electron chi connectivity index (χ1n) is 4.49. The van der Waals surface area contributed by atoms with Crippen LogP contribution in [0.1, 0.15) is 0 Å². The van der Waals surface area contributed by atoms with Crippen LogP contribution in [-0.4, -0.2) is 18.1 Å². The summed E-state index contributed by atoms with van der Waals surface area (Å²) in [6, 6.07) is 3.72. The average molecular weight is 199 g/mol. The lowest BCUT2D eigenvalue weighted by molar-refractivity contribution is -0.135. The van der Waals surface area contributed by atoms with Gasteiger partial charge in [0.1, 0.15) is 0 Å². The van der Waals surface area contributed by atoms with Gasteiger partial charge in [0.05, 0.1) is 18.0 Å². The molecular formula is C12H9NO2. The van der Waals surface area contributed by atoms with Crippen LogP contribution in [0.4, 0.5) is 0 Å². The van der Waals surface area contributed by atoms with Crippen LogP contribution >= 0.6 is 0 Å². The van der Waals surface area contributed by atoms with E-state index in [2.05, 4.69) is 15.5 Å². The fraction of sp³-hybridized carbons (Fsp3) is 0.0833. The lowest BCUT2D eigenvalue weighted by atomic mass is 10.2. The van der Waals surface area contributed by atoms with E-state index in [1.807, 2.05) is 12.1 Å². The Morgan fingerprint density at radius 2 is 2.33 bits per heavy atom. The van der Waals surface area contributed by atoms with Crippen LogP contribution in [-0.2, 0) is 9.53 Å². The van der Waals surface area contributed by atoms with Crippen molar-refractivity contribution in [2.24, 2.45) is 0 Å². The second-order valence-electron chi connectivity index (χ2n) is 3.01. The van der Waals surface area contributed by atoms with Crippen LogP contribution in [0.5, 0.6) is 0 Å². The Morgan fingerprint density at radius 1 is 1.47 bits per heavy atom. The second-order valence-corrected chi connectivity index (χ2v) is 3.01. The first-order chi connectivity index (χ1) is 7.31. The highest BCUT2D eigenvalue weighted by atomic mass is 16.5. The second kappa shape index (κ2) is 3.95. The zero-order valence-electron chi connectivity index (χ0n) is 8.23. The molecule has 1 aromatic heterocycles. The highest BCUT2D eigenvalue weighted by molar-refractivity contribution is 5.93. The van der Waals surface area contributed by atoms with Crippen LogP contribution < -0.4 is 10.6 Å². The fourth-order valence-electron chi connectivity index (χ4n) is 1.29. The van der Waals surface area contributed by atoms with Crippen molar-refractivity contribution >= 4 is 17.8 Å². The van der Waals surface area contributed by atoms with E-state index in [9.17, 15) is 4.79 Å². The highest BCUT2D eigenvalue weighted by Crippen LogP contribution is 2.00. The third-order valence-electron chi connectivity index (χ3n) is 2.06. The lowest BCUT2D eigenvalue weighted by Crippen LogP contribution is -2.25. The zero-order chi connectivity index (χ0) is 10.7. The molecule has 0 aromatic carbocycles. The number of rotatable bonds is 1. The van der Waals surface area contributed by atoms with Crippen molar-refractivity contribution in [3.8, 4) is 0 Å². The molecule has 1 aliphatic rings. The molecule has 3 nitrogen and oxygen atoms in total. The van der Waals surface area contributed by atoms with Crippen molar-refractivity contribution in [1.82, 2.24) is 4.98 Å². The van der Waals surface area contributed by atoms with Crippen molar-refractivity contribution in [3.63, 3.8) is 0 Å². The molecule has 0 spiro atoms. The van der Waals surface area contributed by atoms with Crippen molar-refractivity contribution in [1.29, 1.82) is 0 Å². The van der Waals surface area contributed by atoms with Gasteiger partial charge in [-0.15, -0.1) is 5.73 Å². The van der Waals surface area contributed by atoms with E-state index >= 15 is 0 Å². The number of aromatic nitrogens is 1. The number of ether oxygens (including phenoxy) is 1. The summed E-state index contributed by atoms with van der Waals surface area (Å²) in [5.74, 6) is -0.369. The van der Waals surface area contributed by atoms with Gasteiger partial charge in [0.25, 0.3) is 0 Å². The molecule has 2 rings (SSSR count). The largest absolute Gasteiger partial charge is 0.465 e. The van der Waals surface area contributed by atoms with Crippen molar-refractivity contribution in [3.05, 3.63) is 46.6 Å². The molecule has 0 radical (unpaired) electrons. The maximum Gasteiger partial charge on any atom is 0.338 e. The normalized spacial score (nSPS) is 12.7. The molecule has 0 saturated heterocycles. The van der Waals surface area contributed by atoms with Gasteiger partial charge >= 0.3 is 5.97 Å². The van der Waals surface area contributed by atoms with Gasteiger partial charge in [0.15, 0.2) is 0 Å². The first kappa shape index (κ1) is 9.44. The number of esters is 1.